The molecule has 4 unspecified atom stereocenters. The Balaban J connectivity index is 1.45. The van der Waals surface area contributed by atoms with Crippen molar-refractivity contribution in [3.05, 3.63) is 23.8 Å². The fourth-order valence-electron chi connectivity index (χ4n) is 4.35. The van der Waals surface area contributed by atoms with Gasteiger partial charge in [0.25, 0.3) is 0 Å². The molecule has 0 aromatic heterocycles. The van der Waals surface area contributed by atoms with Crippen molar-refractivity contribution in [2.45, 2.75) is 31.8 Å². The van der Waals surface area contributed by atoms with Gasteiger partial charge in [-0.2, -0.15) is 0 Å². The van der Waals surface area contributed by atoms with Crippen molar-refractivity contribution in [3.8, 4) is 11.5 Å². The van der Waals surface area contributed by atoms with E-state index in [1.54, 1.807) is 0 Å². The summed E-state index contributed by atoms with van der Waals surface area (Å²) in [6.07, 6.45) is 3.49. The minimum absolute atomic E-state index is 0.0118. The summed E-state index contributed by atoms with van der Waals surface area (Å²) in [6, 6.07) is 5.88. The second kappa shape index (κ2) is 5.16. The molecule has 2 aliphatic carbocycles. The number of amides is 1. The maximum Gasteiger partial charge on any atom is 0.231 e. The van der Waals surface area contributed by atoms with E-state index < -0.39 is 0 Å². The van der Waals surface area contributed by atoms with Gasteiger partial charge in [-0.15, -0.1) is 0 Å². The number of rotatable bonds is 3. The van der Waals surface area contributed by atoms with Crippen LogP contribution in [0.1, 0.15) is 24.8 Å². The molecular weight excluding hydrogens is 280 g/mol. The molecule has 3 aliphatic rings. The quantitative estimate of drug-likeness (QED) is 0.924. The van der Waals surface area contributed by atoms with Gasteiger partial charge in [0.05, 0.1) is 5.92 Å². The lowest BCUT2D eigenvalue weighted by atomic mass is 9.84. The van der Waals surface area contributed by atoms with Crippen LogP contribution in [0.5, 0.6) is 11.5 Å². The van der Waals surface area contributed by atoms with E-state index in [0.29, 0.717) is 18.4 Å². The largest absolute Gasteiger partial charge is 0.454 e. The molecule has 0 saturated heterocycles. The van der Waals surface area contributed by atoms with Crippen LogP contribution >= 0.6 is 0 Å². The van der Waals surface area contributed by atoms with E-state index >= 15 is 0 Å². The molecule has 4 atom stereocenters. The van der Waals surface area contributed by atoms with Gasteiger partial charge in [-0.25, -0.2) is 0 Å². The van der Waals surface area contributed by atoms with Crippen molar-refractivity contribution in [3.63, 3.8) is 0 Å². The normalized spacial score (nSPS) is 31.5. The molecule has 2 N–H and O–H groups in total. The Kier molecular flexibility index (Phi) is 3.26. The van der Waals surface area contributed by atoms with E-state index in [9.17, 15) is 4.79 Å². The van der Waals surface area contributed by atoms with Crippen LogP contribution in [0, 0.1) is 17.8 Å². The molecule has 2 fully saturated rings. The Morgan fingerprint density at radius 1 is 1.27 bits per heavy atom. The zero-order valence-corrected chi connectivity index (χ0v) is 12.8. The van der Waals surface area contributed by atoms with Gasteiger partial charge in [-0.3, -0.25) is 4.79 Å². The second-order valence-electron chi connectivity index (χ2n) is 6.82. The van der Waals surface area contributed by atoms with Gasteiger partial charge in [0, 0.05) is 19.6 Å². The third kappa shape index (κ3) is 2.15. The lowest BCUT2D eigenvalue weighted by molar-refractivity contribution is -0.137. The minimum Gasteiger partial charge on any atom is -0.454 e. The number of hydrogen-bond acceptors (Lipinski definition) is 4. The van der Waals surface area contributed by atoms with Gasteiger partial charge >= 0.3 is 0 Å². The molecule has 1 aliphatic heterocycles. The summed E-state index contributed by atoms with van der Waals surface area (Å²) in [5, 5.41) is 0. The van der Waals surface area contributed by atoms with Gasteiger partial charge in [0.2, 0.25) is 12.7 Å². The van der Waals surface area contributed by atoms with Crippen molar-refractivity contribution in [1.29, 1.82) is 0 Å². The number of benzene rings is 1. The van der Waals surface area contributed by atoms with Gasteiger partial charge in [-0.1, -0.05) is 6.07 Å². The van der Waals surface area contributed by atoms with Gasteiger partial charge in [0.15, 0.2) is 11.5 Å². The topological polar surface area (TPSA) is 64.8 Å². The lowest BCUT2D eigenvalue weighted by Gasteiger charge is -2.30. The SMILES string of the molecule is CN(Cc1ccc2c(c1)OCO2)C(=O)C1C2CCC(C2)C1N. The average Bonchev–Trinajstić information content (AvgIpc) is 3.21. The van der Waals surface area contributed by atoms with Crippen molar-refractivity contribution in [1.82, 2.24) is 4.90 Å². The molecule has 5 nitrogen and oxygen atoms in total. The van der Waals surface area contributed by atoms with E-state index in [4.69, 9.17) is 15.2 Å². The number of nitrogens with two attached hydrogens (primary N) is 1. The Labute approximate surface area is 130 Å². The Morgan fingerprint density at radius 2 is 2.05 bits per heavy atom. The molecule has 5 heteroatoms. The fourth-order valence-corrected chi connectivity index (χ4v) is 4.35. The molecule has 4 rings (SSSR count). The minimum atomic E-state index is 0.0118. The van der Waals surface area contributed by atoms with Crippen LogP contribution in [0.15, 0.2) is 18.2 Å². The van der Waals surface area contributed by atoms with Crippen LogP contribution in [0.4, 0.5) is 0 Å². The molecule has 1 heterocycles. The summed E-state index contributed by atoms with van der Waals surface area (Å²) in [6.45, 7) is 0.851. The number of hydrogen-bond donors (Lipinski definition) is 1. The van der Waals surface area contributed by atoms with Gasteiger partial charge in [0.1, 0.15) is 0 Å². The Hall–Kier alpha value is -1.75. The molecule has 118 valence electrons. The van der Waals surface area contributed by atoms with E-state index in [-0.39, 0.29) is 24.7 Å². The molecular formula is C17H22N2O3. The number of ether oxygens (including phenoxy) is 2. The van der Waals surface area contributed by atoms with Crippen LogP contribution in [-0.4, -0.2) is 30.7 Å². The van der Waals surface area contributed by atoms with Crippen molar-refractivity contribution in [2.75, 3.05) is 13.8 Å². The monoisotopic (exact) mass is 302 g/mol. The highest BCUT2D eigenvalue weighted by molar-refractivity contribution is 5.80. The summed E-state index contributed by atoms with van der Waals surface area (Å²) in [4.78, 5) is 14.6. The lowest BCUT2D eigenvalue weighted by Crippen LogP contribution is -2.45. The fraction of sp³-hybridized carbons (Fsp3) is 0.588. The highest BCUT2D eigenvalue weighted by atomic mass is 16.7. The predicted octanol–water partition coefficient (Wildman–Crippen LogP) is 1.75. The smallest absolute Gasteiger partial charge is 0.231 e. The van der Waals surface area contributed by atoms with Gasteiger partial charge < -0.3 is 20.1 Å². The second-order valence-corrected chi connectivity index (χ2v) is 6.82. The molecule has 22 heavy (non-hydrogen) atoms. The summed E-state index contributed by atoms with van der Waals surface area (Å²) >= 11 is 0. The summed E-state index contributed by atoms with van der Waals surface area (Å²) in [5.41, 5.74) is 7.34. The molecule has 1 amide bonds. The molecule has 0 spiro atoms. The zero-order valence-electron chi connectivity index (χ0n) is 12.8. The highest BCUT2D eigenvalue weighted by Crippen LogP contribution is 2.48. The maximum absolute atomic E-state index is 12.8. The summed E-state index contributed by atoms with van der Waals surface area (Å²) in [7, 11) is 1.87. The third-order valence-corrected chi connectivity index (χ3v) is 5.50. The van der Waals surface area contributed by atoms with Crippen LogP contribution < -0.4 is 15.2 Å². The van der Waals surface area contributed by atoms with Crippen LogP contribution in [-0.2, 0) is 11.3 Å². The van der Waals surface area contributed by atoms with E-state index in [0.717, 1.165) is 29.9 Å². The number of carbonyl (C=O) groups is 1. The van der Waals surface area contributed by atoms with E-state index in [2.05, 4.69) is 0 Å². The molecule has 1 aromatic rings. The van der Waals surface area contributed by atoms with Crippen LogP contribution in [0.3, 0.4) is 0 Å². The average molecular weight is 302 g/mol. The first kappa shape index (κ1) is 13.9. The summed E-state index contributed by atoms with van der Waals surface area (Å²) in [5.74, 6) is 2.78. The highest BCUT2D eigenvalue weighted by Gasteiger charge is 2.49. The van der Waals surface area contributed by atoms with E-state index in [1.807, 2.05) is 30.1 Å². The first-order chi connectivity index (χ1) is 10.6. The number of carbonyl (C=O) groups excluding carboxylic acids is 1. The Morgan fingerprint density at radius 3 is 2.82 bits per heavy atom. The third-order valence-electron chi connectivity index (χ3n) is 5.50. The van der Waals surface area contributed by atoms with Crippen molar-refractivity contribution in [2.24, 2.45) is 23.5 Å². The molecule has 2 bridgehead atoms. The zero-order chi connectivity index (χ0) is 15.3. The first-order valence-electron chi connectivity index (χ1n) is 8.02. The Bertz CT molecular complexity index is 602. The first-order valence-corrected chi connectivity index (χ1v) is 8.02. The van der Waals surface area contributed by atoms with Crippen LogP contribution in [0.25, 0.3) is 0 Å². The van der Waals surface area contributed by atoms with Crippen molar-refractivity contribution < 1.29 is 14.3 Å². The number of fused-ring (bicyclic) bond motifs is 3. The number of nitrogens with zero attached hydrogens (tertiary/aromatic N) is 1. The standard InChI is InChI=1S/C17H22N2O3/c1-19(8-10-2-5-13-14(6-10)22-9-21-13)17(20)15-11-3-4-12(7-11)16(15)18/h2,5-6,11-12,15-16H,3-4,7-9,18H2,1H3. The predicted molar refractivity (Wildman–Crippen MR) is 81.3 cm³/mol. The summed E-state index contributed by atoms with van der Waals surface area (Å²) < 4.78 is 10.7. The van der Waals surface area contributed by atoms with Gasteiger partial charge in [-0.05, 0) is 48.8 Å². The van der Waals surface area contributed by atoms with E-state index in [1.165, 1.54) is 6.42 Å². The van der Waals surface area contributed by atoms with Crippen molar-refractivity contribution >= 4 is 5.91 Å². The maximum atomic E-state index is 12.8. The van der Waals surface area contributed by atoms with Crippen LogP contribution in [0.2, 0.25) is 0 Å². The molecule has 2 saturated carbocycles. The molecule has 0 radical (unpaired) electrons. The molecule has 1 aromatic carbocycles.